The van der Waals surface area contributed by atoms with Crippen molar-refractivity contribution in [2.75, 3.05) is 26.2 Å². The Balaban J connectivity index is 1.97. The molecule has 3 nitrogen and oxygen atoms in total. The Hall–Kier alpha value is -0.450. The van der Waals surface area contributed by atoms with Gasteiger partial charge in [0.2, 0.25) is 0 Å². The molecule has 0 aromatic carbocycles. The summed E-state index contributed by atoms with van der Waals surface area (Å²) in [5.41, 5.74) is 1.28. The van der Waals surface area contributed by atoms with Crippen molar-refractivity contribution >= 4 is 11.3 Å². The lowest BCUT2D eigenvalue weighted by molar-refractivity contribution is 0.233. The summed E-state index contributed by atoms with van der Waals surface area (Å²) in [5.74, 6) is 0. The monoisotopic (exact) mass is 225 g/mol. The van der Waals surface area contributed by atoms with Crippen molar-refractivity contribution in [1.29, 1.82) is 0 Å². The van der Waals surface area contributed by atoms with Gasteiger partial charge >= 0.3 is 0 Å². The molecule has 1 aliphatic heterocycles. The molecule has 0 unspecified atom stereocenters. The molecule has 1 N–H and O–H groups in total. The number of hydrogen-bond donors (Lipinski definition) is 1. The maximum Gasteiger partial charge on any atom is 0.107 e. The SMILES string of the molecule is CCc1nc(CN2CCNCC2)sc1C. The molecule has 2 rings (SSSR count). The number of piperazine rings is 1. The predicted molar refractivity (Wildman–Crippen MR) is 64.4 cm³/mol. The molecule has 2 heterocycles. The van der Waals surface area contributed by atoms with Gasteiger partial charge in [-0.25, -0.2) is 4.98 Å². The second-order valence-corrected chi connectivity index (χ2v) is 5.28. The first kappa shape index (κ1) is 11.0. The highest BCUT2D eigenvalue weighted by molar-refractivity contribution is 7.11. The van der Waals surface area contributed by atoms with Crippen molar-refractivity contribution in [3.05, 3.63) is 15.6 Å². The molecule has 1 aromatic heterocycles. The van der Waals surface area contributed by atoms with Crippen LogP contribution >= 0.6 is 11.3 Å². The first-order valence-electron chi connectivity index (χ1n) is 5.68. The molecule has 0 spiro atoms. The Kier molecular flexibility index (Phi) is 3.72. The van der Waals surface area contributed by atoms with E-state index >= 15 is 0 Å². The molecular weight excluding hydrogens is 206 g/mol. The minimum absolute atomic E-state index is 1.03. The van der Waals surface area contributed by atoms with E-state index in [-0.39, 0.29) is 0 Å². The van der Waals surface area contributed by atoms with Crippen LogP contribution < -0.4 is 5.32 Å². The van der Waals surface area contributed by atoms with Gasteiger partial charge in [0.05, 0.1) is 12.2 Å². The normalized spacial score (nSPS) is 18.3. The van der Waals surface area contributed by atoms with Crippen molar-refractivity contribution < 1.29 is 0 Å². The van der Waals surface area contributed by atoms with Gasteiger partial charge in [-0.3, -0.25) is 4.90 Å². The van der Waals surface area contributed by atoms with Crippen LogP contribution in [0, 0.1) is 6.92 Å². The molecule has 0 bridgehead atoms. The first-order valence-corrected chi connectivity index (χ1v) is 6.49. The minimum Gasteiger partial charge on any atom is -0.314 e. The van der Waals surface area contributed by atoms with Crippen LogP contribution in [0.5, 0.6) is 0 Å². The molecule has 0 aliphatic carbocycles. The van der Waals surface area contributed by atoms with Crippen molar-refractivity contribution in [2.24, 2.45) is 0 Å². The highest BCUT2D eigenvalue weighted by Gasteiger charge is 2.13. The third-order valence-electron chi connectivity index (χ3n) is 2.84. The highest BCUT2D eigenvalue weighted by atomic mass is 32.1. The minimum atomic E-state index is 1.03. The van der Waals surface area contributed by atoms with Crippen LogP contribution in [0.4, 0.5) is 0 Å². The van der Waals surface area contributed by atoms with Gasteiger partial charge in [0.15, 0.2) is 0 Å². The van der Waals surface area contributed by atoms with Crippen LogP contribution in [0.3, 0.4) is 0 Å². The maximum absolute atomic E-state index is 4.68. The number of aryl methyl sites for hydroxylation is 2. The van der Waals surface area contributed by atoms with E-state index in [0.717, 1.165) is 39.1 Å². The standard InChI is InChI=1S/C11H19N3S/c1-3-10-9(2)15-11(13-10)8-14-6-4-12-5-7-14/h12H,3-8H2,1-2H3. The zero-order valence-corrected chi connectivity index (χ0v) is 10.4. The van der Waals surface area contributed by atoms with E-state index in [4.69, 9.17) is 0 Å². The molecule has 84 valence electrons. The fraction of sp³-hybridized carbons (Fsp3) is 0.727. The number of thiazole rings is 1. The summed E-state index contributed by atoms with van der Waals surface area (Å²) >= 11 is 1.86. The Morgan fingerprint density at radius 3 is 2.73 bits per heavy atom. The number of hydrogen-bond acceptors (Lipinski definition) is 4. The summed E-state index contributed by atoms with van der Waals surface area (Å²) in [4.78, 5) is 8.55. The van der Waals surface area contributed by atoms with Gasteiger partial charge in [0, 0.05) is 31.1 Å². The Morgan fingerprint density at radius 1 is 1.40 bits per heavy atom. The third kappa shape index (κ3) is 2.77. The van der Waals surface area contributed by atoms with Crippen molar-refractivity contribution in [1.82, 2.24) is 15.2 Å². The summed E-state index contributed by atoms with van der Waals surface area (Å²) in [6.45, 7) is 9.93. The van der Waals surface area contributed by atoms with Crippen LogP contribution in [0.15, 0.2) is 0 Å². The van der Waals surface area contributed by atoms with Gasteiger partial charge in [0.25, 0.3) is 0 Å². The van der Waals surface area contributed by atoms with Crippen molar-refractivity contribution in [2.45, 2.75) is 26.8 Å². The lowest BCUT2D eigenvalue weighted by Gasteiger charge is -2.26. The summed E-state index contributed by atoms with van der Waals surface area (Å²) in [5, 5.41) is 4.65. The molecule has 1 aliphatic rings. The van der Waals surface area contributed by atoms with Gasteiger partial charge in [-0.15, -0.1) is 11.3 Å². The Bertz CT molecular complexity index is 316. The fourth-order valence-electron chi connectivity index (χ4n) is 1.94. The first-order chi connectivity index (χ1) is 7.29. The average Bonchev–Trinajstić information content (AvgIpc) is 2.60. The van der Waals surface area contributed by atoms with Crippen LogP contribution in [0.25, 0.3) is 0 Å². The number of aromatic nitrogens is 1. The van der Waals surface area contributed by atoms with Gasteiger partial charge in [-0.1, -0.05) is 6.92 Å². The van der Waals surface area contributed by atoms with Crippen molar-refractivity contribution in [3.63, 3.8) is 0 Å². The van der Waals surface area contributed by atoms with Gasteiger partial charge < -0.3 is 5.32 Å². The molecular formula is C11H19N3S. The smallest absolute Gasteiger partial charge is 0.107 e. The third-order valence-corrected chi connectivity index (χ3v) is 3.84. The van der Waals surface area contributed by atoms with Crippen LogP contribution in [-0.2, 0) is 13.0 Å². The van der Waals surface area contributed by atoms with Crippen LogP contribution in [-0.4, -0.2) is 36.1 Å². The summed E-state index contributed by atoms with van der Waals surface area (Å²) in [7, 11) is 0. The fourth-order valence-corrected chi connectivity index (χ4v) is 3.01. The van der Waals surface area contributed by atoms with E-state index in [1.54, 1.807) is 0 Å². The average molecular weight is 225 g/mol. The molecule has 4 heteroatoms. The van der Waals surface area contributed by atoms with Crippen molar-refractivity contribution in [3.8, 4) is 0 Å². The zero-order valence-electron chi connectivity index (χ0n) is 9.55. The molecule has 1 saturated heterocycles. The largest absolute Gasteiger partial charge is 0.314 e. The van der Waals surface area contributed by atoms with Crippen LogP contribution in [0.1, 0.15) is 22.5 Å². The summed E-state index contributed by atoms with van der Waals surface area (Å²) in [6.07, 6.45) is 1.06. The summed E-state index contributed by atoms with van der Waals surface area (Å²) < 4.78 is 0. The van der Waals surface area contributed by atoms with E-state index in [1.165, 1.54) is 15.6 Å². The van der Waals surface area contributed by atoms with E-state index in [1.807, 2.05) is 11.3 Å². The van der Waals surface area contributed by atoms with E-state index in [0.29, 0.717) is 0 Å². The van der Waals surface area contributed by atoms with E-state index in [2.05, 4.69) is 29.0 Å². The lowest BCUT2D eigenvalue weighted by atomic mass is 10.3. The maximum atomic E-state index is 4.68. The van der Waals surface area contributed by atoms with E-state index < -0.39 is 0 Å². The van der Waals surface area contributed by atoms with Gasteiger partial charge in [-0.2, -0.15) is 0 Å². The lowest BCUT2D eigenvalue weighted by Crippen LogP contribution is -2.42. The van der Waals surface area contributed by atoms with E-state index in [9.17, 15) is 0 Å². The Labute approximate surface area is 95.5 Å². The van der Waals surface area contributed by atoms with Crippen LogP contribution in [0.2, 0.25) is 0 Å². The molecule has 0 saturated carbocycles. The highest BCUT2D eigenvalue weighted by Crippen LogP contribution is 2.19. The molecule has 15 heavy (non-hydrogen) atoms. The quantitative estimate of drug-likeness (QED) is 0.843. The van der Waals surface area contributed by atoms with Gasteiger partial charge in [-0.05, 0) is 13.3 Å². The molecule has 1 fully saturated rings. The Morgan fingerprint density at radius 2 is 2.13 bits per heavy atom. The number of rotatable bonds is 3. The molecule has 0 radical (unpaired) electrons. The molecule has 0 amide bonds. The predicted octanol–water partition coefficient (Wildman–Crippen LogP) is 1.42. The number of nitrogens with zero attached hydrogens (tertiary/aromatic N) is 2. The number of nitrogens with one attached hydrogen (secondary N) is 1. The molecule has 1 aromatic rings. The van der Waals surface area contributed by atoms with Gasteiger partial charge in [0.1, 0.15) is 5.01 Å². The zero-order chi connectivity index (χ0) is 10.7. The summed E-state index contributed by atoms with van der Waals surface area (Å²) in [6, 6.07) is 0. The molecule has 0 atom stereocenters. The second kappa shape index (κ2) is 5.05. The topological polar surface area (TPSA) is 28.2 Å². The second-order valence-electron chi connectivity index (χ2n) is 3.99.